The van der Waals surface area contributed by atoms with Gasteiger partial charge >= 0.3 is 0 Å². The zero-order valence-electron chi connectivity index (χ0n) is 14.9. The number of nitrogens with zero attached hydrogens (tertiary/aromatic N) is 3. The molecule has 0 aliphatic rings. The molecule has 0 amide bonds. The Morgan fingerprint density at radius 1 is 1.22 bits per heavy atom. The molecule has 2 N–H and O–H groups in total. The quantitative estimate of drug-likeness (QED) is 0.515. The lowest BCUT2D eigenvalue weighted by molar-refractivity contribution is 1.00. The van der Waals surface area contributed by atoms with E-state index in [4.69, 9.17) is 0 Å². The fourth-order valence-electron chi connectivity index (χ4n) is 2.47. The molecule has 3 heterocycles. The van der Waals surface area contributed by atoms with Crippen LogP contribution in [0.1, 0.15) is 22.4 Å². The molecule has 0 aliphatic heterocycles. The predicted octanol–water partition coefficient (Wildman–Crippen LogP) is 3.57. The van der Waals surface area contributed by atoms with E-state index in [1.54, 1.807) is 30.4 Å². The Hall–Kier alpha value is -2.19. The summed E-state index contributed by atoms with van der Waals surface area (Å²) in [5.41, 5.74) is 3.71. The van der Waals surface area contributed by atoms with Crippen LogP contribution < -0.4 is 10.9 Å². The zero-order chi connectivity index (χ0) is 19.1. The molecule has 0 bridgehead atoms. The van der Waals surface area contributed by atoms with Gasteiger partial charge in [0.25, 0.3) is 5.56 Å². The smallest absolute Gasteiger partial charge is 0.255 e. The highest BCUT2D eigenvalue weighted by Crippen LogP contribution is 2.22. The number of nitrogens with one attached hydrogen (secondary N) is 2. The molecule has 0 saturated carbocycles. The fourth-order valence-corrected chi connectivity index (χ4v) is 3.83. The number of pyridine rings is 2. The van der Waals surface area contributed by atoms with Crippen molar-refractivity contribution in [2.75, 3.05) is 17.6 Å². The monoisotopic (exact) mass is 445 g/mol. The highest BCUT2D eigenvalue weighted by molar-refractivity contribution is 9.10. The van der Waals surface area contributed by atoms with Gasteiger partial charge in [0.05, 0.1) is 5.69 Å². The van der Waals surface area contributed by atoms with Crippen molar-refractivity contribution >= 4 is 33.6 Å². The lowest BCUT2D eigenvalue weighted by atomic mass is 10.1. The molecule has 0 radical (unpaired) electrons. The van der Waals surface area contributed by atoms with Crippen molar-refractivity contribution in [3.63, 3.8) is 0 Å². The summed E-state index contributed by atoms with van der Waals surface area (Å²) in [5.74, 6) is 2.20. The minimum absolute atomic E-state index is 0.128. The van der Waals surface area contributed by atoms with Gasteiger partial charge in [-0.1, -0.05) is 6.07 Å². The second-order valence-electron chi connectivity index (χ2n) is 5.99. The largest absolute Gasteiger partial charge is 0.355 e. The summed E-state index contributed by atoms with van der Waals surface area (Å²) < 4.78 is 1.07. The molecular formula is C19H20BrN5OS. The SMILES string of the molecule is Cc1ccnc(CSCCNc2ncc(Cc3cccnc3)c(=O)[nH]2)c1Br. The Balaban J connectivity index is 1.46. The van der Waals surface area contributed by atoms with Crippen LogP contribution in [0.2, 0.25) is 0 Å². The number of hydrogen-bond acceptors (Lipinski definition) is 6. The summed E-state index contributed by atoms with van der Waals surface area (Å²) in [6.45, 7) is 2.76. The van der Waals surface area contributed by atoms with Gasteiger partial charge in [-0.2, -0.15) is 11.8 Å². The zero-order valence-corrected chi connectivity index (χ0v) is 17.3. The fraction of sp³-hybridized carbons (Fsp3) is 0.263. The summed E-state index contributed by atoms with van der Waals surface area (Å²) in [6.07, 6.45) is 7.44. The number of halogens is 1. The summed E-state index contributed by atoms with van der Waals surface area (Å²) >= 11 is 5.36. The molecule has 0 atom stereocenters. The van der Waals surface area contributed by atoms with Crippen LogP contribution >= 0.6 is 27.7 Å². The van der Waals surface area contributed by atoms with Gasteiger partial charge in [0, 0.05) is 59.3 Å². The summed E-state index contributed by atoms with van der Waals surface area (Å²) in [6, 6.07) is 5.78. The van der Waals surface area contributed by atoms with Crippen LogP contribution in [-0.2, 0) is 12.2 Å². The van der Waals surface area contributed by atoms with E-state index in [1.807, 2.05) is 24.4 Å². The third-order valence-electron chi connectivity index (χ3n) is 3.92. The molecule has 3 aromatic heterocycles. The van der Waals surface area contributed by atoms with Crippen LogP contribution in [0.25, 0.3) is 0 Å². The Morgan fingerprint density at radius 2 is 2.11 bits per heavy atom. The Kier molecular flexibility index (Phi) is 7.00. The molecule has 6 nitrogen and oxygen atoms in total. The third kappa shape index (κ3) is 5.64. The molecule has 0 fully saturated rings. The molecule has 0 spiro atoms. The summed E-state index contributed by atoms with van der Waals surface area (Å²) in [7, 11) is 0. The van der Waals surface area contributed by atoms with Gasteiger partial charge in [-0.05, 0) is 46.1 Å². The van der Waals surface area contributed by atoms with Crippen LogP contribution in [0.4, 0.5) is 5.95 Å². The third-order valence-corrected chi connectivity index (χ3v) is 5.98. The molecule has 0 saturated heterocycles. The van der Waals surface area contributed by atoms with Crippen LogP contribution in [0.3, 0.4) is 0 Å². The summed E-state index contributed by atoms with van der Waals surface area (Å²) in [5, 5.41) is 3.16. The molecule has 0 aliphatic carbocycles. The van der Waals surface area contributed by atoms with Crippen LogP contribution in [0, 0.1) is 6.92 Å². The van der Waals surface area contributed by atoms with E-state index in [2.05, 4.69) is 48.1 Å². The van der Waals surface area contributed by atoms with E-state index in [9.17, 15) is 4.79 Å². The topological polar surface area (TPSA) is 83.6 Å². The molecule has 27 heavy (non-hydrogen) atoms. The lowest BCUT2D eigenvalue weighted by Crippen LogP contribution is -2.18. The minimum atomic E-state index is -0.128. The maximum absolute atomic E-state index is 12.2. The van der Waals surface area contributed by atoms with Crippen molar-refractivity contribution in [3.8, 4) is 0 Å². The maximum atomic E-state index is 12.2. The number of aromatic nitrogens is 4. The van der Waals surface area contributed by atoms with E-state index < -0.39 is 0 Å². The standard InChI is InChI=1S/C19H20BrN5OS/c1-13-4-6-22-16(17(13)20)12-27-8-7-23-19-24-11-15(18(26)25-19)9-14-3-2-5-21-10-14/h2-6,10-11H,7-9,12H2,1H3,(H2,23,24,25,26). The van der Waals surface area contributed by atoms with Gasteiger partial charge in [-0.3, -0.25) is 19.7 Å². The van der Waals surface area contributed by atoms with Crippen molar-refractivity contribution < 1.29 is 0 Å². The first-order valence-electron chi connectivity index (χ1n) is 8.52. The minimum Gasteiger partial charge on any atom is -0.355 e. The van der Waals surface area contributed by atoms with E-state index >= 15 is 0 Å². The Labute approximate surface area is 170 Å². The van der Waals surface area contributed by atoms with Gasteiger partial charge in [-0.15, -0.1) is 0 Å². The number of thioether (sulfide) groups is 1. The average molecular weight is 446 g/mol. The first-order chi connectivity index (χ1) is 13.1. The van der Waals surface area contributed by atoms with Crippen molar-refractivity contribution in [1.82, 2.24) is 19.9 Å². The van der Waals surface area contributed by atoms with Crippen molar-refractivity contribution in [1.29, 1.82) is 0 Å². The van der Waals surface area contributed by atoms with Gasteiger partial charge in [0.15, 0.2) is 0 Å². The second kappa shape index (κ2) is 9.66. The first kappa shape index (κ1) is 19.6. The molecule has 8 heteroatoms. The van der Waals surface area contributed by atoms with Gasteiger partial charge in [-0.25, -0.2) is 4.98 Å². The van der Waals surface area contributed by atoms with E-state index in [-0.39, 0.29) is 5.56 Å². The normalized spacial score (nSPS) is 10.7. The lowest BCUT2D eigenvalue weighted by Gasteiger charge is -2.08. The second-order valence-corrected chi connectivity index (χ2v) is 7.89. The van der Waals surface area contributed by atoms with E-state index in [0.717, 1.165) is 27.2 Å². The van der Waals surface area contributed by atoms with E-state index in [1.165, 1.54) is 5.56 Å². The number of anilines is 1. The maximum Gasteiger partial charge on any atom is 0.255 e. The molecule has 3 rings (SSSR count). The number of H-pyrrole nitrogens is 1. The molecule has 140 valence electrons. The number of aryl methyl sites for hydroxylation is 1. The number of rotatable bonds is 8. The van der Waals surface area contributed by atoms with Gasteiger partial charge in [0.1, 0.15) is 0 Å². The Bertz CT molecular complexity index is 948. The summed E-state index contributed by atoms with van der Waals surface area (Å²) in [4.78, 5) is 27.8. The van der Waals surface area contributed by atoms with Crippen molar-refractivity contribution in [2.45, 2.75) is 19.1 Å². The van der Waals surface area contributed by atoms with E-state index in [0.29, 0.717) is 24.5 Å². The average Bonchev–Trinajstić information content (AvgIpc) is 2.67. The molecular weight excluding hydrogens is 426 g/mol. The predicted molar refractivity (Wildman–Crippen MR) is 113 cm³/mol. The van der Waals surface area contributed by atoms with Crippen LogP contribution in [-0.4, -0.2) is 32.2 Å². The first-order valence-corrected chi connectivity index (χ1v) is 10.5. The molecule has 3 aromatic rings. The van der Waals surface area contributed by atoms with Crippen LogP contribution in [0.5, 0.6) is 0 Å². The number of aromatic amines is 1. The van der Waals surface area contributed by atoms with Crippen molar-refractivity contribution in [2.24, 2.45) is 0 Å². The molecule has 0 unspecified atom stereocenters. The van der Waals surface area contributed by atoms with Crippen molar-refractivity contribution in [3.05, 3.63) is 80.2 Å². The number of hydrogen-bond donors (Lipinski definition) is 2. The van der Waals surface area contributed by atoms with Gasteiger partial charge < -0.3 is 5.32 Å². The van der Waals surface area contributed by atoms with Gasteiger partial charge in [0.2, 0.25) is 5.95 Å². The highest BCUT2D eigenvalue weighted by atomic mass is 79.9. The molecule has 0 aromatic carbocycles. The van der Waals surface area contributed by atoms with Crippen LogP contribution in [0.15, 0.2) is 52.3 Å². The Morgan fingerprint density at radius 3 is 2.89 bits per heavy atom. The highest BCUT2D eigenvalue weighted by Gasteiger charge is 2.06.